The molecule has 24 heavy (non-hydrogen) atoms. The van der Waals surface area contributed by atoms with Crippen LogP contribution in [0.5, 0.6) is 0 Å². The first-order chi connectivity index (χ1) is 11.2. The summed E-state index contributed by atoms with van der Waals surface area (Å²) in [6.07, 6.45) is 1.56. The van der Waals surface area contributed by atoms with Gasteiger partial charge >= 0.3 is 0 Å². The van der Waals surface area contributed by atoms with Crippen LogP contribution < -0.4 is 0 Å². The topological polar surface area (TPSA) is 93.4 Å². The third kappa shape index (κ3) is 3.89. The molecule has 0 saturated carbocycles. The Morgan fingerprint density at radius 3 is 2.54 bits per heavy atom. The fourth-order valence-corrected chi connectivity index (χ4v) is 4.09. The van der Waals surface area contributed by atoms with Gasteiger partial charge in [-0.25, -0.2) is 8.42 Å². The van der Waals surface area contributed by atoms with Gasteiger partial charge < -0.3 is 0 Å². The number of pyridine rings is 1. The summed E-state index contributed by atoms with van der Waals surface area (Å²) >= 11 is 5.76. The van der Waals surface area contributed by atoms with Crippen LogP contribution in [0.15, 0.2) is 47.5 Å². The maximum Gasteiger partial charge on any atom is 0.290 e. The van der Waals surface area contributed by atoms with Gasteiger partial charge in [0.05, 0.1) is 17.2 Å². The van der Waals surface area contributed by atoms with Crippen molar-refractivity contribution in [2.75, 3.05) is 0 Å². The Morgan fingerprint density at radius 1 is 1.29 bits per heavy atom. The second-order valence-corrected chi connectivity index (χ2v) is 7.63. The van der Waals surface area contributed by atoms with Gasteiger partial charge in [0.15, 0.2) is 4.90 Å². The highest BCUT2D eigenvalue weighted by atomic mass is 35.5. The molecule has 2 rings (SSSR count). The van der Waals surface area contributed by atoms with Crippen LogP contribution in [-0.4, -0.2) is 28.7 Å². The monoisotopic (exact) mass is 369 g/mol. The lowest BCUT2D eigenvalue weighted by Crippen LogP contribution is -2.36. The number of benzene rings is 1. The number of hydrogen-bond acceptors (Lipinski definition) is 5. The third-order valence-corrected chi connectivity index (χ3v) is 5.63. The van der Waals surface area contributed by atoms with Crippen LogP contribution in [0.4, 0.5) is 5.69 Å². The highest BCUT2D eigenvalue weighted by Gasteiger charge is 2.33. The molecule has 0 atom stereocenters. The van der Waals surface area contributed by atoms with Crippen molar-refractivity contribution in [2.24, 2.45) is 0 Å². The first-order valence-corrected chi connectivity index (χ1v) is 8.91. The zero-order valence-electron chi connectivity index (χ0n) is 13.1. The Hall–Kier alpha value is -2.03. The molecule has 0 aliphatic carbocycles. The van der Waals surface area contributed by atoms with Gasteiger partial charge in [0.1, 0.15) is 0 Å². The van der Waals surface area contributed by atoms with Gasteiger partial charge in [0.25, 0.3) is 15.7 Å². The van der Waals surface area contributed by atoms with Gasteiger partial charge in [-0.05, 0) is 38.1 Å². The summed E-state index contributed by atoms with van der Waals surface area (Å²) in [4.78, 5) is 14.2. The third-order valence-electron chi connectivity index (χ3n) is 3.32. The van der Waals surface area contributed by atoms with Crippen LogP contribution in [0, 0.1) is 10.1 Å². The predicted octanol–water partition coefficient (Wildman–Crippen LogP) is 3.24. The fourth-order valence-electron chi connectivity index (χ4n) is 2.17. The summed E-state index contributed by atoms with van der Waals surface area (Å²) in [6, 6.07) is 8.27. The Labute approximate surface area is 145 Å². The predicted molar refractivity (Wildman–Crippen MR) is 90.2 cm³/mol. The molecule has 0 radical (unpaired) electrons. The molecule has 0 fully saturated rings. The van der Waals surface area contributed by atoms with Crippen molar-refractivity contribution < 1.29 is 13.3 Å². The normalized spacial score (nSPS) is 11.9. The first-order valence-electron chi connectivity index (χ1n) is 7.09. The van der Waals surface area contributed by atoms with Crippen LogP contribution in [-0.2, 0) is 16.6 Å². The molecule has 0 unspecified atom stereocenters. The highest BCUT2D eigenvalue weighted by Crippen LogP contribution is 2.31. The Bertz CT molecular complexity index is 841. The molecule has 0 saturated heterocycles. The van der Waals surface area contributed by atoms with Crippen LogP contribution in [0.2, 0.25) is 5.02 Å². The van der Waals surface area contributed by atoms with Crippen LogP contribution >= 0.6 is 11.6 Å². The van der Waals surface area contributed by atoms with E-state index in [2.05, 4.69) is 4.98 Å². The van der Waals surface area contributed by atoms with E-state index in [-0.39, 0.29) is 16.5 Å². The van der Waals surface area contributed by atoms with E-state index in [1.54, 1.807) is 38.2 Å². The van der Waals surface area contributed by atoms with E-state index >= 15 is 0 Å². The van der Waals surface area contributed by atoms with Crippen LogP contribution in [0.1, 0.15) is 19.5 Å². The van der Waals surface area contributed by atoms with E-state index in [0.717, 1.165) is 12.1 Å². The maximum atomic E-state index is 13.0. The smallest absolute Gasteiger partial charge is 0.260 e. The molecule has 7 nitrogen and oxygen atoms in total. The van der Waals surface area contributed by atoms with Crippen molar-refractivity contribution in [3.63, 3.8) is 0 Å². The van der Waals surface area contributed by atoms with Gasteiger partial charge in [-0.2, -0.15) is 4.31 Å². The number of nitrogens with zero attached hydrogens (tertiary/aromatic N) is 3. The molecule has 0 bridgehead atoms. The number of nitro benzene ring substituents is 1. The molecule has 1 aromatic carbocycles. The quantitative estimate of drug-likeness (QED) is 0.575. The first kappa shape index (κ1) is 18.3. The molecule has 0 spiro atoms. The lowest BCUT2D eigenvalue weighted by molar-refractivity contribution is -0.387. The van der Waals surface area contributed by atoms with Crippen molar-refractivity contribution in [1.82, 2.24) is 9.29 Å². The average Bonchev–Trinajstić information content (AvgIpc) is 2.52. The minimum Gasteiger partial charge on any atom is -0.260 e. The maximum absolute atomic E-state index is 13.0. The molecule has 2 aromatic rings. The van der Waals surface area contributed by atoms with Gasteiger partial charge in [-0.1, -0.05) is 17.7 Å². The van der Waals surface area contributed by atoms with E-state index in [9.17, 15) is 18.5 Å². The minimum absolute atomic E-state index is 0.0145. The molecular formula is C15H16ClN3O4S. The Balaban J connectivity index is 2.52. The minimum atomic E-state index is -4.10. The number of rotatable bonds is 6. The van der Waals surface area contributed by atoms with Gasteiger partial charge in [-0.3, -0.25) is 15.1 Å². The highest BCUT2D eigenvalue weighted by molar-refractivity contribution is 7.89. The average molecular weight is 370 g/mol. The van der Waals surface area contributed by atoms with E-state index in [0.29, 0.717) is 5.69 Å². The van der Waals surface area contributed by atoms with Gasteiger partial charge in [-0.15, -0.1) is 0 Å². The lowest BCUT2D eigenvalue weighted by Gasteiger charge is -2.25. The molecule has 9 heteroatoms. The SMILES string of the molecule is CC(C)N(Cc1ccccn1)S(=O)(=O)c1ccc(Cl)cc1[N+](=O)[O-]. The zero-order chi connectivity index (χ0) is 17.9. The Kier molecular flexibility index (Phi) is 5.53. The van der Waals surface area contributed by atoms with Gasteiger partial charge in [0.2, 0.25) is 0 Å². The van der Waals surface area contributed by atoms with Gasteiger partial charge in [0, 0.05) is 23.3 Å². The molecule has 0 N–H and O–H groups in total. The summed E-state index contributed by atoms with van der Waals surface area (Å²) in [7, 11) is -4.10. The molecule has 128 valence electrons. The summed E-state index contributed by atoms with van der Waals surface area (Å²) < 4.78 is 27.1. The van der Waals surface area contributed by atoms with Crippen molar-refractivity contribution in [3.05, 3.63) is 63.4 Å². The summed E-state index contributed by atoms with van der Waals surface area (Å²) in [5.74, 6) is 0. The number of sulfonamides is 1. The molecular weight excluding hydrogens is 354 g/mol. The molecule has 1 heterocycles. The largest absolute Gasteiger partial charge is 0.290 e. The van der Waals surface area contributed by atoms with E-state index in [1.807, 2.05) is 0 Å². The van der Waals surface area contributed by atoms with E-state index < -0.39 is 26.7 Å². The Morgan fingerprint density at radius 2 is 2.00 bits per heavy atom. The van der Waals surface area contributed by atoms with Crippen molar-refractivity contribution in [2.45, 2.75) is 31.3 Å². The molecule has 0 aliphatic heterocycles. The standard InChI is InChI=1S/C15H16ClN3O4S/c1-11(2)18(10-13-5-3-4-8-17-13)24(22,23)15-7-6-12(16)9-14(15)19(20)21/h3-9,11H,10H2,1-2H3. The number of nitro groups is 1. The molecule has 0 aliphatic rings. The summed E-state index contributed by atoms with van der Waals surface area (Å²) in [5.41, 5.74) is 0.000521. The van der Waals surface area contributed by atoms with Crippen molar-refractivity contribution >= 4 is 27.3 Å². The molecule has 1 aromatic heterocycles. The van der Waals surface area contributed by atoms with Crippen LogP contribution in [0.25, 0.3) is 0 Å². The van der Waals surface area contributed by atoms with E-state index in [4.69, 9.17) is 11.6 Å². The van der Waals surface area contributed by atoms with Crippen molar-refractivity contribution in [1.29, 1.82) is 0 Å². The molecule has 0 amide bonds. The second kappa shape index (κ2) is 7.25. The van der Waals surface area contributed by atoms with Crippen molar-refractivity contribution in [3.8, 4) is 0 Å². The number of hydrogen-bond donors (Lipinski definition) is 0. The van der Waals surface area contributed by atoms with E-state index in [1.165, 1.54) is 10.4 Å². The lowest BCUT2D eigenvalue weighted by atomic mass is 10.3. The van der Waals surface area contributed by atoms with Crippen LogP contribution in [0.3, 0.4) is 0 Å². The zero-order valence-corrected chi connectivity index (χ0v) is 14.7. The number of aromatic nitrogens is 1. The summed E-state index contributed by atoms with van der Waals surface area (Å²) in [5, 5.41) is 11.3. The summed E-state index contributed by atoms with van der Waals surface area (Å²) in [6.45, 7) is 3.41. The fraction of sp³-hybridized carbons (Fsp3) is 0.267. The second-order valence-electron chi connectivity index (χ2n) is 5.33. The number of halogens is 1.